The van der Waals surface area contributed by atoms with Crippen LogP contribution in [0.2, 0.25) is 0 Å². The van der Waals surface area contributed by atoms with Crippen molar-refractivity contribution in [3.05, 3.63) is 0 Å². The summed E-state index contributed by atoms with van der Waals surface area (Å²) in [5.41, 5.74) is -1.35. The van der Waals surface area contributed by atoms with Crippen LogP contribution in [0.4, 0.5) is 0 Å². The van der Waals surface area contributed by atoms with E-state index in [1.165, 1.54) is 12.8 Å². The molecular formula is C15H26N2O2. The second-order valence-corrected chi connectivity index (χ2v) is 6.24. The first-order valence-corrected chi connectivity index (χ1v) is 7.58. The SMILES string of the molecule is CCC1(C)NC(=O)C(CC)(CC)N(CC2CC2)C1=O. The predicted octanol–water partition coefficient (Wildman–Crippen LogP) is 2.08. The first-order chi connectivity index (χ1) is 8.93. The van der Waals surface area contributed by atoms with E-state index >= 15 is 0 Å². The summed E-state index contributed by atoms with van der Waals surface area (Å²) in [5, 5.41) is 2.98. The first kappa shape index (κ1) is 14.4. The molecule has 4 nitrogen and oxygen atoms in total. The molecule has 1 saturated heterocycles. The van der Waals surface area contributed by atoms with Gasteiger partial charge in [-0.05, 0) is 44.9 Å². The molecule has 0 aromatic rings. The van der Waals surface area contributed by atoms with Crippen molar-refractivity contribution in [3.8, 4) is 0 Å². The Kier molecular flexibility index (Phi) is 3.63. The average molecular weight is 266 g/mol. The van der Waals surface area contributed by atoms with E-state index in [9.17, 15) is 9.59 Å². The Morgan fingerprint density at radius 2 is 1.74 bits per heavy atom. The molecule has 2 fully saturated rings. The van der Waals surface area contributed by atoms with Gasteiger partial charge in [0.05, 0.1) is 0 Å². The summed E-state index contributed by atoms with van der Waals surface area (Å²) in [4.78, 5) is 27.3. The molecule has 1 atom stereocenters. The molecule has 0 bridgehead atoms. The third-order valence-corrected chi connectivity index (χ3v) is 5.06. The average Bonchev–Trinajstić information content (AvgIpc) is 3.21. The number of amides is 2. The van der Waals surface area contributed by atoms with Crippen LogP contribution >= 0.6 is 0 Å². The number of nitrogens with one attached hydrogen (secondary N) is 1. The maximum atomic E-state index is 12.8. The Balaban J connectivity index is 2.37. The van der Waals surface area contributed by atoms with Crippen LogP contribution in [0, 0.1) is 5.92 Å². The molecular weight excluding hydrogens is 240 g/mol. The lowest BCUT2D eigenvalue weighted by molar-refractivity contribution is -0.164. The van der Waals surface area contributed by atoms with Gasteiger partial charge in [0.25, 0.3) is 0 Å². The van der Waals surface area contributed by atoms with E-state index < -0.39 is 11.1 Å². The molecule has 0 spiro atoms. The summed E-state index contributed by atoms with van der Waals surface area (Å²) >= 11 is 0. The summed E-state index contributed by atoms with van der Waals surface area (Å²) in [6, 6.07) is 0. The minimum absolute atomic E-state index is 0.0297. The molecule has 2 amide bonds. The molecule has 4 heteroatoms. The van der Waals surface area contributed by atoms with Crippen molar-refractivity contribution in [2.45, 2.75) is 70.9 Å². The van der Waals surface area contributed by atoms with Crippen LogP contribution < -0.4 is 5.32 Å². The van der Waals surface area contributed by atoms with Crippen molar-refractivity contribution in [2.75, 3.05) is 6.54 Å². The number of hydrogen-bond acceptors (Lipinski definition) is 2. The van der Waals surface area contributed by atoms with Gasteiger partial charge >= 0.3 is 0 Å². The Hall–Kier alpha value is -1.06. The minimum Gasteiger partial charge on any atom is -0.340 e. The molecule has 1 N–H and O–H groups in total. The molecule has 1 aliphatic heterocycles. The molecule has 0 aromatic heterocycles. The lowest BCUT2D eigenvalue weighted by Gasteiger charge is -2.51. The zero-order valence-corrected chi connectivity index (χ0v) is 12.6. The first-order valence-electron chi connectivity index (χ1n) is 7.58. The third-order valence-electron chi connectivity index (χ3n) is 5.06. The number of carbonyl (C=O) groups excluding carboxylic acids is 2. The zero-order valence-electron chi connectivity index (χ0n) is 12.6. The van der Waals surface area contributed by atoms with Crippen LogP contribution in [-0.2, 0) is 9.59 Å². The Morgan fingerprint density at radius 1 is 1.16 bits per heavy atom. The summed E-state index contributed by atoms with van der Waals surface area (Å²) in [6.07, 6.45) is 4.40. The van der Waals surface area contributed by atoms with Gasteiger partial charge in [0.2, 0.25) is 11.8 Å². The van der Waals surface area contributed by atoms with Crippen molar-refractivity contribution in [3.63, 3.8) is 0 Å². The third kappa shape index (κ3) is 2.15. The Bertz CT molecular complexity index is 386. The smallest absolute Gasteiger partial charge is 0.248 e. The van der Waals surface area contributed by atoms with Crippen LogP contribution in [0.25, 0.3) is 0 Å². The van der Waals surface area contributed by atoms with E-state index in [1.807, 2.05) is 32.6 Å². The number of rotatable bonds is 5. The highest BCUT2D eigenvalue weighted by Gasteiger charge is 2.55. The number of nitrogens with zero attached hydrogens (tertiary/aromatic N) is 1. The highest BCUT2D eigenvalue weighted by Crippen LogP contribution is 2.38. The van der Waals surface area contributed by atoms with Crippen LogP contribution in [0.1, 0.15) is 59.8 Å². The Morgan fingerprint density at radius 3 is 2.16 bits per heavy atom. The molecule has 0 radical (unpaired) electrons. The summed E-state index contributed by atoms with van der Waals surface area (Å²) < 4.78 is 0. The number of carbonyl (C=O) groups is 2. The van der Waals surface area contributed by atoms with Crippen LogP contribution in [0.5, 0.6) is 0 Å². The summed E-state index contributed by atoms with van der Waals surface area (Å²) in [7, 11) is 0. The fraction of sp³-hybridized carbons (Fsp3) is 0.867. The molecule has 1 unspecified atom stereocenters. The van der Waals surface area contributed by atoms with E-state index in [0.29, 0.717) is 25.2 Å². The second-order valence-electron chi connectivity index (χ2n) is 6.24. The minimum atomic E-state index is -0.722. The highest BCUT2D eigenvalue weighted by atomic mass is 16.2. The largest absolute Gasteiger partial charge is 0.340 e. The topological polar surface area (TPSA) is 49.4 Å². The van der Waals surface area contributed by atoms with Crippen molar-refractivity contribution in [1.82, 2.24) is 10.2 Å². The van der Waals surface area contributed by atoms with Gasteiger partial charge in [0.1, 0.15) is 11.1 Å². The van der Waals surface area contributed by atoms with Crippen molar-refractivity contribution in [1.29, 1.82) is 0 Å². The maximum absolute atomic E-state index is 12.8. The van der Waals surface area contributed by atoms with Gasteiger partial charge in [-0.1, -0.05) is 20.8 Å². The van der Waals surface area contributed by atoms with Crippen molar-refractivity contribution >= 4 is 11.8 Å². The summed E-state index contributed by atoms with van der Waals surface area (Å²) in [6.45, 7) is 8.57. The molecule has 1 aliphatic carbocycles. The van der Waals surface area contributed by atoms with Gasteiger partial charge in [-0.3, -0.25) is 9.59 Å². The standard InChI is InChI=1S/C15H26N2O2/c1-5-14(4)13(19)17(10-11-8-9-11)15(6-2,7-3)12(18)16-14/h11H,5-10H2,1-4H3,(H,16,18). The van der Waals surface area contributed by atoms with Gasteiger partial charge in [-0.2, -0.15) is 0 Å². The quantitative estimate of drug-likeness (QED) is 0.828. The fourth-order valence-corrected chi connectivity index (χ4v) is 3.04. The van der Waals surface area contributed by atoms with E-state index in [2.05, 4.69) is 5.32 Å². The van der Waals surface area contributed by atoms with Gasteiger partial charge in [-0.15, -0.1) is 0 Å². The van der Waals surface area contributed by atoms with Crippen molar-refractivity contribution < 1.29 is 9.59 Å². The molecule has 2 aliphatic rings. The van der Waals surface area contributed by atoms with E-state index in [1.54, 1.807) is 0 Å². The fourth-order valence-electron chi connectivity index (χ4n) is 3.04. The second kappa shape index (κ2) is 4.80. The van der Waals surface area contributed by atoms with E-state index in [0.717, 1.165) is 6.54 Å². The lowest BCUT2D eigenvalue weighted by Crippen LogP contribution is -2.74. The summed E-state index contributed by atoms with van der Waals surface area (Å²) in [5.74, 6) is 0.737. The maximum Gasteiger partial charge on any atom is 0.248 e. The molecule has 2 rings (SSSR count). The number of hydrogen-bond donors (Lipinski definition) is 1. The molecule has 1 saturated carbocycles. The normalized spacial score (nSPS) is 30.4. The van der Waals surface area contributed by atoms with Gasteiger partial charge in [0, 0.05) is 6.54 Å². The van der Waals surface area contributed by atoms with Crippen LogP contribution in [0.15, 0.2) is 0 Å². The zero-order chi connectivity index (χ0) is 14.3. The monoisotopic (exact) mass is 266 g/mol. The lowest BCUT2D eigenvalue weighted by atomic mass is 9.81. The molecule has 1 heterocycles. The van der Waals surface area contributed by atoms with Gasteiger partial charge < -0.3 is 10.2 Å². The highest BCUT2D eigenvalue weighted by molar-refractivity contribution is 6.02. The predicted molar refractivity (Wildman–Crippen MR) is 74.6 cm³/mol. The van der Waals surface area contributed by atoms with Crippen LogP contribution in [0.3, 0.4) is 0 Å². The Labute approximate surface area is 115 Å². The molecule has 108 valence electrons. The van der Waals surface area contributed by atoms with Crippen molar-refractivity contribution in [2.24, 2.45) is 5.92 Å². The van der Waals surface area contributed by atoms with Gasteiger partial charge in [-0.25, -0.2) is 0 Å². The van der Waals surface area contributed by atoms with E-state index in [-0.39, 0.29) is 11.8 Å². The van der Waals surface area contributed by atoms with E-state index in [4.69, 9.17) is 0 Å². The molecule has 0 aromatic carbocycles. The number of piperazine rings is 1. The van der Waals surface area contributed by atoms with Gasteiger partial charge in [0.15, 0.2) is 0 Å². The van der Waals surface area contributed by atoms with Crippen LogP contribution in [-0.4, -0.2) is 34.3 Å². The molecule has 19 heavy (non-hydrogen) atoms.